The van der Waals surface area contributed by atoms with E-state index in [4.69, 9.17) is 4.74 Å². The Hall–Kier alpha value is -1.35. The van der Waals surface area contributed by atoms with Gasteiger partial charge < -0.3 is 9.84 Å². The van der Waals surface area contributed by atoms with Gasteiger partial charge >= 0.3 is 5.97 Å². The van der Waals surface area contributed by atoms with Crippen LogP contribution in [0.15, 0.2) is 0 Å². The lowest BCUT2D eigenvalue weighted by Crippen LogP contribution is -2.12. The number of aliphatic hydroxyl groups excluding tert-OH is 1. The first kappa shape index (κ1) is 12.7. The van der Waals surface area contributed by atoms with Gasteiger partial charge in [-0.15, -0.1) is 0 Å². The first-order valence-corrected chi connectivity index (χ1v) is 5.24. The fraction of sp³-hybridized carbons (Fsp3) is 0.462. The lowest BCUT2D eigenvalue weighted by atomic mass is 9.89. The molecule has 1 aromatic carbocycles. The average Bonchev–Trinajstić information content (AvgIpc) is 2.29. The minimum atomic E-state index is -0.382. The highest BCUT2D eigenvalue weighted by Crippen LogP contribution is 2.27. The number of esters is 1. The summed E-state index contributed by atoms with van der Waals surface area (Å²) in [6.45, 7) is 7.63. The summed E-state index contributed by atoms with van der Waals surface area (Å²) < 4.78 is 4.76. The van der Waals surface area contributed by atoms with Gasteiger partial charge in [0.1, 0.15) is 0 Å². The maximum absolute atomic E-state index is 11.7. The van der Waals surface area contributed by atoms with Gasteiger partial charge in [0.15, 0.2) is 0 Å². The van der Waals surface area contributed by atoms with E-state index in [2.05, 4.69) is 0 Å². The summed E-state index contributed by atoms with van der Waals surface area (Å²) in [5.74, 6) is -0.382. The molecule has 0 atom stereocenters. The highest BCUT2D eigenvalue weighted by molar-refractivity contribution is 5.93. The predicted octanol–water partition coefficient (Wildman–Crippen LogP) is 2.20. The Morgan fingerprint density at radius 2 is 1.56 bits per heavy atom. The number of hydrogen-bond donors (Lipinski definition) is 1. The second-order valence-corrected chi connectivity index (χ2v) is 4.00. The van der Waals surface area contributed by atoms with Gasteiger partial charge in [0.05, 0.1) is 19.3 Å². The number of benzene rings is 1. The summed E-state index contributed by atoms with van der Waals surface area (Å²) in [7, 11) is 1.35. The number of aliphatic hydroxyl groups is 1. The van der Waals surface area contributed by atoms with E-state index >= 15 is 0 Å². The quantitative estimate of drug-likeness (QED) is 0.780. The molecule has 0 saturated carbocycles. The molecule has 0 saturated heterocycles. The minimum Gasteiger partial charge on any atom is -0.465 e. The molecule has 0 radical (unpaired) electrons. The lowest BCUT2D eigenvalue weighted by molar-refractivity contribution is 0.0596. The van der Waals surface area contributed by atoms with Crippen molar-refractivity contribution in [3.05, 3.63) is 33.4 Å². The van der Waals surface area contributed by atoms with Crippen LogP contribution in [0.2, 0.25) is 0 Å². The van der Waals surface area contributed by atoms with E-state index in [1.165, 1.54) is 7.11 Å². The minimum absolute atomic E-state index is 0.141. The van der Waals surface area contributed by atoms with Crippen LogP contribution >= 0.6 is 0 Å². The molecule has 0 spiro atoms. The zero-order valence-corrected chi connectivity index (χ0v) is 10.5. The second-order valence-electron chi connectivity index (χ2n) is 4.00. The van der Waals surface area contributed by atoms with Crippen LogP contribution in [-0.4, -0.2) is 18.2 Å². The smallest absolute Gasteiger partial charge is 0.338 e. The highest BCUT2D eigenvalue weighted by Gasteiger charge is 2.20. The van der Waals surface area contributed by atoms with Gasteiger partial charge in [0.25, 0.3) is 0 Å². The van der Waals surface area contributed by atoms with Crippen molar-refractivity contribution in [3.63, 3.8) is 0 Å². The van der Waals surface area contributed by atoms with Gasteiger partial charge in [-0.3, -0.25) is 0 Å². The van der Waals surface area contributed by atoms with E-state index < -0.39 is 0 Å². The zero-order valence-electron chi connectivity index (χ0n) is 10.5. The molecule has 16 heavy (non-hydrogen) atoms. The van der Waals surface area contributed by atoms with Gasteiger partial charge in [-0.05, 0) is 55.5 Å². The SMILES string of the molecule is COC(=O)c1c(C)c(C)c(C)c(C)c1CO. The van der Waals surface area contributed by atoms with Crippen LogP contribution in [0.3, 0.4) is 0 Å². The molecule has 0 aromatic heterocycles. The second kappa shape index (κ2) is 4.66. The van der Waals surface area contributed by atoms with Crippen molar-refractivity contribution in [2.24, 2.45) is 0 Å². The van der Waals surface area contributed by atoms with Crippen molar-refractivity contribution in [2.45, 2.75) is 34.3 Å². The third-order valence-electron chi connectivity index (χ3n) is 3.36. The Labute approximate surface area is 96.1 Å². The third kappa shape index (κ3) is 1.83. The standard InChI is InChI=1S/C13H18O3/c1-7-8(2)10(4)12(13(15)16-5)11(6-14)9(7)3/h14H,6H2,1-5H3. The molecular formula is C13H18O3. The molecule has 0 amide bonds. The molecule has 3 heteroatoms. The normalized spacial score (nSPS) is 10.4. The summed E-state index contributed by atoms with van der Waals surface area (Å²) in [4.78, 5) is 11.7. The summed E-state index contributed by atoms with van der Waals surface area (Å²) in [6, 6.07) is 0. The molecular weight excluding hydrogens is 204 g/mol. The predicted molar refractivity (Wildman–Crippen MR) is 62.7 cm³/mol. The Morgan fingerprint density at radius 3 is 2.00 bits per heavy atom. The van der Waals surface area contributed by atoms with Crippen LogP contribution in [0.4, 0.5) is 0 Å². The Balaban J connectivity index is 3.64. The summed E-state index contributed by atoms with van der Waals surface area (Å²) in [6.07, 6.45) is 0. The molecule has 88 valence electrons. The fourth-order valence-corrected chi connectivity index (χ4v) is 1.97. The Morgan fingerprint density at radius 1 is 1.06 bits per heavy atom. The van der Waals surface area contributed by atoms with Crippen molar-refractivity contribution in [1.82, 2.24) is 0 Å². The number of methoxy groups -OCH3 is 1. The molecule has 1 aromatic rings. The molecule has 0 unspecified atom stereocenters. The average molecular weight is 222 g/mol. The largest absolute Gasteiger partial charge is 0.465 e. The van der Waals surface area contributed by atoms with Crippen LogP contribution in [0.5, 0.6) is 0 Å². The molecule has 1 N–H and O–H groups in total. The van der Waals surface area contributed by atoms with Gasteiger partial charge in [-0.2, -0.15) is 0 Å². The highest BCUT2D eigenvalue weighted by atomic mass is 16.5. The first-order chi connectivity index (χ1) is 7.45. The fourth-order valence-electron chi connectivity index (χ4n) is 1.97. The lowest BCUT2D eigenvalue weighted by Gasteiger charge is -2.17. The van der Waals surface area contributed by atoms with Crippen LogP contribution in [0.1, 0.15) is 38.2 Å². The number of rotatable bonds is 2. The number of carbonyl (C=O) groups is 1. The Bertz CT molecular complexity index is 434. The van der Waals surface area contributed by atoms with Gasteiger partial charge in [-0.25, -0.2) is 4.79 Å². The van der Waals surface area contributed by atoms with Crippen LogP contribution in [0.25, 0.3) is 0 Å². The van der Waals surface area contributed by atoms with E-state index in [0.29, 0.717) is 11.1 Å². The molecule has 0 fully saturated rings. The van der Waals surface area contributed by atoms with Crippen LogP contribution in [0, 0.1) is 27.7 Å². The molecule has 3 nitrogen and oxygen atoms in total. The molecule has 1 rings (SSSR count). The monoisotopic (exact) mass is 222 g/mol. The van der Waals surface area contributed by atoms with Crippen LogP contribution < -0.4 is 0 Å². The molecule has 0 aliphatic rings. The van der Waals surface area contributed by atoms with Crippen molar-refractivity contribution in [3.8, 4) is 0 Å². The van der Waals surface area contributed by atoms with Gasteiger partial charge in [0, 0.05) is 0 Å². The van der Waals surface area contributed by atoms with Crippen molar-refractivity contribution in [1.29, 1.82) is 0 Å². The van der Waals surface area contributed by atoms with Gasteiger partial charge in [0.2, 0.25) is 0 Å². The topological polar surface area (TPSA) is 46.5 Å². The molecule has 0 aliphatic carbocycles. The van der Waals surface area contributed by atoms with E-state index in [1.54, 1.807) is 0 Å². The van der Waals surface area contributed by atoms with Crippen molar-refractivity contribution in [2.75, 3.05) is 7.11 Å². The molecule has 0 heterocycles. The maximum atomic E-state index is 11.7. The molecule has 0 bridgehead atoms. The zero-order chi connectivity index (χ0) is 12.5. The first-order valence-electron chi connectivity index (χ1n) is 5.24. The number of ether oxygens (including phenoxy) is 1. The van der Waals surface area contributed by atoms with E-state index in [1.807, 2.05) is 27.7 Å². The number of hydrogen-bond acceptors (Lipinski definition) is 3. The van der Waals surface area contributed by atoms with E-state index in [-0.39, 0.29) is 12.6 Å². The third-order valence-corrected chi connectivity index (χ3v) is 3.36. The molecule has 0 aliphatic heterocycles. The van der Waals surface area contributed by atoms with E-state index in [9.17, 15) is 9.90 Å². The van der Waals surface area contributed by atoms with Crippen molar-refractivity contribution < 1.29 is 14.6 Å². The number of carbonyl (C=O) groups excluding carboxylic acids is 1. The summed E-state index contributed by atoms with van der Waals surface area (Å²) in [5, 5.41) is 9.38. The van der Waals surface area contributed by atoms with Crippen LogP contribution in [-0.2, 0) is 11.3 Å². The summed E-state index contributed by atoms with van der Waals surface area (Å²) >= 11 is 0. The van der Waals surface area contributed by atoms with E-state index in [0.717, 1.165) is 22.3 Å². The van der Waals surface area contributed by atoms with Gasteiger partial charge in [-0.1, -0.05) is 0 Å². The maximum Gasteiger partial charge on any atom is 0.338 e. The van der Waals surface area contributed by atoms with Crippen molar-refractivity contribution >= 4 is 5.97 Å². The summed E-state index contributed by atoms with van der Waals surface area (Å²) in [5.41, 5.74) is 5.23. The Kier molecular flexibility index (Phi) is 3.70.